The Bertz CT molecular complexity index is 822. The quantitative estimate of drug-likeness (QED) is 0.695. The van der Waals surface area contributed by atoms with Crippen LogP contribution in [0.2, 0.25) is 5.02 Å². The van der Waals surface area contributed by atoms with Gasteiger partial charge >= 0.3 is 0 Å². The van der Waals surface area contributed by atoms with Crippen molar-refractivity contribution in [2.75, 3.05) is 29.8 Å². The van der Waals surface area contributed by atoms with Crippen LogP contribution in [0.15, 0.2) is 35.2 Å². The Kier molecular flexibility index (Phi) is 7.05. The van der Waals surface area contributed by atoms with Crippen LogP contribution >= 0.6 is 11.6 Å². The molecule has 1 aromatic carbocycles. The number of hydrogen-bond donors (Lipinski definition) is 1. The van der Waals surface area contributed by atoms with Gasteiger partial charge in [0.25, 0.3) is 10.0 Å². The Balaban J connectivity index is 2.18. The second-order valence-electron chi connectivity index (χ2n) is 5.67. The van der Waals surface area contributed by atoms with Gasteiger partial charge in [0.1, 0.15) is 5.75 Å². The van der Waals surface area contributed by atoms with Gasteiger partial charge in [-0.1, -0.05) is 25.4 Å². The topological polar surface area (TPSA) is 84.4 Å². The molecule has 0 bridgehead atoms. The van der Waals surface area contributed by atoms with Gasteiger partial charge in [-0.2, -0.15) is 0 Å². The molecular weight excluding hydrogens is 376 g/mol. The van der Waals surface area contributed by atoms with Crippen LogP contribution in [0, 0.1) is 0 Å². The number of aromatic nitrogens is 2. The largest absolute Gasteiger partial charge is 0.495 e. The lowest BCUT2D eigenvalue weighted by atomic mass is 10.3. The fraction of sp³-hybridized carbons (Fsp3) is 0.412. The first kappa shape index (κ1) is 20.3. The smallest absolute Gasteiger partial charge is 0.263 e. The van der Waals surface area contributed by atoms with E-state index in [-0.39, 0.29) is 15.7 Å². The molecule has 9 heteroatoms. The molecule has 26 heavy (non-hydrogen) atoms. The number of sulfonamides is 1. The van der Waals surface area contributed by atoms with Crippen LogP contribution in [0.4, 0.5) is 11.6 Å². The number of nitrogens with one attached hydrogen (secondary N) is 1. The van der Waals surface area contributed by atoms with Gasteiger partial charge in [-0.25, -0.2) is 8.42 Å². The molecule has 0 aliphatic rings. The molecule has 0 amide bonds. The first-order chi connectivity index (χ1) is 12.4. The Labute approximate surface area is 159 Å². The van der Waals surface area contributed by atoms with Gasteiger partial charge in [-0.15, -0.1) is 10.2 Å². The summed E-state index contributed by atoms with van der Waals surface area (Å²) < 4.78 is 32.4. The fourth-order valence-corrected chi connectivity index (χ4v) is 3.78. The van der Waals surface area contributed by atoms with Crippen LogP contribution in [0.3, 0.4) is 0 Å². The first-order valence-electron chi connectivity index (χ1n) is 8.36. The highest BCUT2D eigenvalue weighted by molar-refractivity contribution is 7.92. The van der Waals surface area contributed by atoms with Crippen molar-refractivity contribution < 1.29 is 13.2 Å². The van der Waals surface area contributed by atoms with E-state index in [1.54, 1.807) is 12.1 Å². The zero-order chi connectivity index (χ0) is 19.2. The maximum absolute atomic E-state index is 12.5. The molecule has 1 heterocycles. The van der Waals surface area contributed by atoms with Gasteiger partial charge in [-0.05, 0) is 43.2 Å². The molecule has 1 aromatic heterocycles. The van der Waals surface area contributed by atoms with E-state index in [4.69, 9.17) is 16.3 Å². The third kappa shape index (κ3) is 4.98. The molecule has 1 N–H and O–H groups in total. The summed E-state index contributed by atoms with van der Waals surface area (Å²) in [5.41, 5.74) is 0. The summed E-state index contributed by atoms with van der Waals surface area (Å²) in [4.78, 5) is 2.14. The molecular formula is C17H23ClN4O3S. The Morgan fingerprint density at radius 3 is 2.31 bits per heavy atom. The van der Waals surface area contributed by atoms with Crippen molar-refractivity contribution in [2.45, 2.75) is 31.6 Å². The van der Waals surface area contributed by atoms with Crippen molar-refractivity contribution in [3.63, 3.8) is 0 Å². The summed E-state index contributed by atoms with van der Waals surface area (Å²) in [5, 5.41) is 8.35. The number of halogens is 1. The van der Waals surface area contributed by atoms with Crippen LogP contribution in [0.5, 0.6) is 5.75 Å². The van der Waals surface area contributed by atoms with Crippen molar-refractivity contribution in [3.05, 3.63) is 35.4 Å². The highest BCUT2D eigenvalue weighted by atomic mass is 35.5. The van der Waals surface area contributed by atoms with Crippen LogP contribution in [0.25, 0.3) is 0 Å². The molecule has 0 unspecified atom stereocenters. The normalized spacial score (nSPS) is 11.2. The number of methoxy groups -OCH3 is 1. The van der Waals surface area contributed by atoms with Crippen LogP contribution < -0.4 is 14.4 Å². The Hall–Kier alpha value is -2.06. The summed E-state index contributed by atoms with van der Waals surface area (Å²) >= 11 is 6.00. The van der Waals surface area contributed by atoms with E-state index in [9.17, 15) is 8.42 Å². The standard InChI is InChI=1S/C17H23ClN4O3S/c1-4-10-22(11-5-2)17-9-8-16(19-20-17)21-26(23,24)13-6-7-15(25-3)14(18)12-13/h6-9,12H,4-5,10-11H2,1-3H3,(H,19,21). The molecule has 0 fully saturated rings. The van der Waals surface area contributed by atoms with Gasteiger partial charge in [0, 0.05) is 13.1 Å². The fourth-order valence-electron chi connectivity index (χ4n) is 2.44. The second kappa shape index (κ2) is 9.05. The third-order valence-corrected chi connectivity index (χ3v) is 5.28. The minimum absolute atomic E-state index is 0.0211. The number of rotatable bonds is 9. The minimum Gasteiger partial charge on any atom is -0.495 e. The molecule has 0 aliphatic heterocycles. The van der Waals surface area contributed by atoms with E-state index >= 15 is 0 Å². The lowest BCUT2D eigenvalue weighted by molar-refractivity contribution is 0.414. The number of benzene rings is 1. The highest BCUT2D eigenvalue weighted by Gasteiger charge is 2.17. The Morgan fingerprint density at radius 2 is 1.81 bits per heavy atom. The molecule has 2 rings (SSSR count). The van der Waals surface area contributed by atoms with Crippen molar-refractivity contribution in [3.8, 4) is 5.75 Å². The zero-order valence-corrected chi connectivity index (χ0v) is 16.6. The van der Waals surface area contributed by atoms with Crippen molar-refractivity contribution in [1.29, 1.82) is 0 Å². The van der Waals surface area contributed by atoms with Crippen molar-refractivity contribution >= 4 is 33.3 Å². The predicted molar refractivity (Wildman–Crippen MR) is 104 cm³/mol. The summed E-state index contributed by atoms with van der Waals surface area (Å²) in [6.45, 7) is 5.94. The van der Waals surface area contributed by atoms with Crippen molar-refractivity contribution in [2.24, 2.45) is 0 Å². The molecule has 142 valence electrons. The summed E-state index contributed by atoms with van der Waals surface area (Å²) in [7, 11) is -2.36. The number of anilines is 2. The highest BCUT2D eigenvalue weighted by Crippen LogP contribution is 2.27. The lowest BCUT2D eigenvalue weighted by Crippen LogP contribution is -2.26. The Morgan fingerprint density at radius 1 is 1.12 bits per heavy atom. The maximum Gasteiger partial charge on any atom is 0.263 e. The van der Waals surface area contributed by atoms with Crippen LogP contribution in [0.1, 0.15) is 26.7 Å². The second-order valence-corrected chi connectivity index (χ2v) is 7.76. The van der Waals surface area contributed by atoms with E-state index in [1.165, 1.54) is 25.3 Å². The number of nitrogens with zero attached hydrogens (tertiary/aromatic N) is 3. The van der Waals surface area contributed by atoms with Crippen LogP contribution in [-0.4, -0.2) is 38.8 Å². The molecule has 0 atom stereocenters. The predicted octanol–water partition coefficient (Wildman–Crippen LogP) is 3.57. The van der Waals surface area contributed by atoms with Crippen molar-refractivity contribution in [1.82, 2.24) is 10.2 Å². The molecule has 0 saturated carbocycles. The average Bonchev–Trinajstić information content (AvgIpc) is 2.62. The maximum atomic E-state index is 12.5. The molecule has 7 nitrogen and oxygen atoms in total. The molecule has 2 aromatic rings. The molecule has 0 aliphatic carbocycles. The monoisotopic (exact) mass is 398 g/mol. The van der Waals surface area contributed by atoms with Crippen LogP contribution in [-0.2, 0) is 10.0 Å². The first-order valence-corrected chi connectivity index (χ1v) is 10.2. The van der Waals surface area contributed by atoms with E-state index in [1.807, 2.05) is 0 Å². The number of hydrogen-bond acceptors (Lipinski definition) is 6. The zero-order valence-electron chi connectivity index (χ0n) is 15.1. The number of ether oxygens (including phenoxy) is 1. The summed E-state index contributed by atoms with van der Waals surface area (Å²) in [6, 6.07) is 7.60. The third-order valence-electron chi connectivity index (χ3n) is 3.63. The van der Waals surface area contributed by atoms with Gasteiger partial charge in [-0.3, -0.25) is 4.72 Å². The molecule has 0 radical (unpaired) electrons. The van der Waals surface area contributed by atoms with E-state index in [2.05, 4.69) is 33.7 Å². The van der Waals surface area contributed by atoms with Gasteiger partial charge in [0.15, 0.2) is 11.6 Å². The average molecular weight is 399 g/mol. The van der Waals surface area contributed by atoms with E-state index in [0.717, 1.165) is 31.7 Å². The van der Waals surface area contributed by atoms with E-state index < -0.39 is 10.0 Å². The summed E-state index contributed by atoms with van der Waals surface area (Å²) in [6.07, 6.45) is 1.99. The van der Waals surface area contributed by atoms with Gasteiger partial charge in [0.05, 0.1) is 17.0 Å². The molecule has 0 spiro atoms. The SMILES string of the molecule is CCCN(CCC)c1ccc(NS(=O)(=O)c2ccc(OC)c(Cl)c2)nn1. The molecule has 0 saturated heterocycles. The lowest BCUT2D eigenvalue weighted by Gasteiger charge is -2.21. The van der Waals surface area contributed by atoms with Gasteiger partial charge < -0.3 is 9.64 Å². The summed E-state index contributed by atoms with van der Waals surface area (Å²) in [5.74, 6) is 1.28. The minimum atomic E-state index is -3.82. The van der Waals surface area contributed by atoms with E-state index in [0.29, 0.717) is 5.75 Å². The van der Waals surface area contributed by atoms with Gasteiger partial charge in [0.2, 0.25) is 0 Å².